The summed E-state index contributed by atoms with van der Waals surface area (Å²) in [5.41, 5.74) is 6.40. The molecule has 0 saturated carbocycles. The molecule has 0 fully saturated rings. The molecule has 1 aromatic carbocycles. The van der Waals surface area contributed by atoms with E-state index in [4.69, 9.17) is 10.5 Å². The fraction of sp³-hybridized carbons (Fsp3) is 0.300. The maximum absolute atomic E-state index is 5.53. The molecule has 0 spiro atoms. The summed E-state index contributed by atoms with van der Waals surface area (Å²) < 4.78 is 5.34. The zero-order chi connectivity index (χ0) is 10.4. The van der Waals surface area contributed by atoms with Gasteiger partial charge in [-0.15, -0.1) is 0 Å². The van der Waals surface area contributed by atoms with Crippen LogP contribution in [0.25, 0.3) is 0 Å². The van der Waals surface area contributed by atoms with E-state index in [2.05, 4.69) is 10.3 Å². The molecule has 3 N–H and O–H groups in total. The number of hydrogen-bond donors (Lipinski definition) is 2. The lowest BCUT2D eigenvalue weighted by Crippen LogP contribution is -2.21. The van der Waals surface area contributed by atoms with E-state index in [0.717, 1.165) is 11.4 Å². The number of nitrogens with one attached hydrogen (secondary N) is 1. The lowest BCUT2D eigenvalue weighted by atomic mass is 10.3. The molecule has 4 heteroatoms. The first-order chi connectivity index (χ1) is 6.76. The minimum absolute atomic E-state index is 0.388. The van der Waals surface area contributed by atoms with Crippen LogP contribution in [-0.4, -0.2) is 19.6 Å². The van der Waals surface area contributed by atoms with Crippen molar-refractivity contribution in [1.29, 1.82) is 0 Å². The van der Waals surface area contributed by atoms with Gasteiger partial charge in [0, 0.05) is 18.8 Å². The molecule has 0 aliphatic carbocycles. The molecule has 1 rings (SSSR count). The van der Waals surface area contributed by atoms with Gasteiger partial charge in [-0.1, -0.05) is 6.07 Å². The van der Waals surface area contributed by atoms with Gasteiger partial charge in [-0.2, -0.15) is 0 Å². The number of anilines is 1. The maximum Gasteiger partial charge on any atom is 0.192 e. The SMILES string of the molecule is CCOc1cccc(NC(N)=NC)c1. The Morgan fingerprint density at radius 2 is 2.36 bits per heavy atom. The summed E-state index contributed by atoms with van der Waals surface area (Å²) in [7, 11) is 1.63. The topological polar surface area (TPSA) is 59.6 Å². The van der Waals surface area contributed by atoms with Gasteiger partial charge in [-0.05, 0) is 19.1 Å². The van der Waals surface area contributed by atoms with Gasteiger partial charge in [0.05, 0.1) is 6.61 Å². The molecule has 0 radical (unpaired) electrons. The molecule has 0 atom stereocenters. The van der Waals surface area contributed by atoms with Crippen LogP contribution in [0.4, 0.5) is 5.69 Å². The summed E-state index contributed by atoms with van der Waals surface area (Å²) in [6.07, 6.45) is 0. The van der Waals surface area contributed by atoms with Gasteiger partial charge >= 0.3 is 0 Å². The van der Waals surface area contributed by atoms with Gasteiger partial charge < -0.3 is 15.8 Å². The van der Waals surface area contributed by atoms with Crippen molar-refractivity contribution in [1.82, 2.24) is 0 Å². The minimum atomic E-state index is 0.388. The Hall–Kier alpha value is -1.71. The standard InChI is InChI=1S/C10H15N3O/c1-3-14-9-6-4-5-8(7-9)13-10(11)12-2/h4-7H,3H2,1-2H3,(H3,11,12,13). The Morgan fingerprint density at radius 3 is 3.00 bits per heavy atom. The summed E-state index contributed by atoms with van der Waals surface area (Å²) in [6, 6.07) is 7.58. The largest absolute Gasteiger partial charge is 0.494 e. The highest BCUT2D eigenvalue weighted by Gasteiger charge is 1.96. The van der Waals surface area contributed by atoms with Gasteiger partial charge in [0.1, 0.15) is 5.75 Å². The van der Waals surface area contributed by atoms with Crippen molar-refractivity contribution in [3.8, 4) is 5.75 Å². The molecule has 0 aromatic heterocycles. The van der Waals surface area contributed by atoms with E-state index in [1.54, 1.807) is 7.05 Å². The predicted molar refractivity (Wildman–Crippen MR) is 58.8 cm³/mol. The highest BCUT2D eigenvalue weighted by molar-refractivity contribution is 5.92. The quantitative estimate of drug-likeness (QED) is 0.564. The summed E-state index contributed by atoms with van der Waals surface area (Å²) in [6.45, 7) is 2.60. The van der Waals surface area contributed by atoms with E-state index >= 15 is 0 Å². The molecule has 1 aromatic rings. The van der Waals surface area contributed by atoms with Gasteiger partial charge in [-0.3, -0.25) is 4.99 Å². The van der Waals surface area contributed by atoms with Crippen molar-refractivity contribution in [3.05, 3.63) is 24.3 Å². The molecule has 0 heterocycles. The second kappa shape index (κ2) is 5.11. The molecule has 4 nitrogen and oxygen atoms in total. The van der Waals surface area contributed by atoms with Gasteiger partial charge in [0.25, 0.3) is 0 Å². The highest BCUT2D eigenvalue weighted by Crippen LogP contribution is 2.16. The van der Waals surface area contributed by atoms with Crippen molar-refractivity contribution < 1.29 is 4.74 Å². The number of hydrogen-bond acceptors (Lipinski definition) is 2. The van der Waals surface area contributed by atoms with Crippen LogP contribution >= 0.6 is 0 Å². The monoisotopic (exact) mass is 193 g/mol. The van der Waals surface area contributed by atoms with Crippen LogP contribution < -0.4 is 15.8 Å². The molecule has 0 saturated heterocycles. The van der Waals surface area contributed by atoms with Crippen molar-refractivity contribution >= 4 is 11.6 Å². The fourth-order valence-electron chi connectivity index (χ4n) is 1.03. The third kappa shape index (κ3) is 2.97. The van der Waals surface area contributed by atoms with Gasteiger partial charge in [0.15, 0.2) is 5.96 Å². The van der Waals surface area contributed by atoms with E-state index in [9.17, 15) is 0 Å². The Morgan fingerprint density at radius 1 is 1.57 bits per heavy atom. The van der Waals surface area contributed by atoms with Crippen molar-refractivity contribution in [2.45, 2.75) is 6.92 Å². The molecular weight excluding hydrogens is 178 g/mol. The first-order valence-electron chi connectivity index (χ1n) is 4.48. The van der Waals surface area contributed by atoms with Crippen molar-refractivity contribution in [3.63, 3.8) is 0 Å². The Balaban J connectivity index is 2.73. The zero-order valence-electron chi connectivity index (χ0n) is 8.45. The highest BCUT2D eigenvalue weighted by atomic mass is 16.5. The third-order valence-corrected chi connectivity index (χ3v) is 1.66. The number of ether oxygens (including phenoxy) is 1. The number of nitrogens with zero attached hydrogens (tertiary/aromatic N) is 1. The number of benzene rings is 1. The van der Waals surface area contributed by atoms with E-state index in [0.29, 0.717) is 12.6 Å². The van der Waals surface area contributed by atoms with Crippen LogP contribution in [0.5, 0.6) is 5.75 Å². The molecule has 0 aliphatic heterocycles. The van der Waals surface area contributed by atoms with Crippen molar-refractivity contribution in [2.24, 2.45) is 10.7 Å². The van der Waals surface area contributed by atoms with Crippen LogP contribution in [0.2, 0.25) is 0 Å². The molecule has 14 heavy (non-hydrogen) atoms. The van der Waals surface area contributed by atoms with E-state index < -0.39 is 0 Å². The minimum Gasteiger partial charge on any atom is -0.494 e. The van der Waals surface area contributed by atoms with Gasteiger partial charge in [0.2, 0.25) is 0 Å². The molecule has 0 aliphatic rings. The number of guanidine groups is 1. The van der Waals surface area contributed by atoms with Crippen LogP contribution in [0, 0.1) is 0 Å². The lowest BCUT2D eigenvalue weighted by molar-refractivity contribution is 0.340. The first kappa shape index (κ1) is 10.4. The molecule has 0 unspecified atom stereocenters. The Bertz CT molecular complexity index is 323. The number of rotatable bonds is 3. The summed E-state index contributed by atoms with van der Waals surface area (Å²) in [4.78, 5) is 3.80. The Labute approximate surface area is 83.8 Å². The summed E-state index contributed by atoms with van der Waals surface area (Å²) in [5.74, 6) is 1.21. The number of aliphatic imine (C=N–C) groups is 1. The van der Waals surface area contributed by atoms with E-state index in [1.165, 1.54) is 0 Å². The third-order valence-electron chi connectivity index (χ3n) is 1.66. The molecule has 0 amide bonds. The molecular formula is C10H15N3O. The summed E-state index contributed by atoms with van der Waals surface area (Å²) in [5, 5.41) is 2.94. The summed E-state index contributed by atoms with van der Waals surface area (Å²) >= 11 is 0. The average molecular weight is 193 g/mol. The number of nitrogens with two attached hydrogens (primary N) is 1. The lowest BCUT2D eigenvalue weighted by Gasteiger charge is -2.07. The predicted octanol–water partition coefficient (Wildman–Crippen LogP) is 1.44. The fourth-order valence-corrected chi connectivity index (χ4v) is 1.03. The van der Waals surface area contributed by atoms with E-state index in [1.807, 2.05) is 31.2 Å². The normalized spacial score (nSPS) is 11.1. The average Bonchev–Trinajstić information content (AvgIpc) is 2.19. The van der Waals surface area contributed by atoms with Crippen molar-refractivity contribution in [2.75, 3.05) is 19.0 Å². The van der Waals surface area contributed by atoms with Crippen LogP contribution in [0.15, 0.2) is 29.3 Å². The Kier molecular flexibility index (Phi) is 3.79. The van der Waals surface area contributed by atoms with Crippen LogP contribution in [0.1, 0.15) is 6.92 Å². The van der Waals surface area contributed by atoms with Crippen LogP contribution in [-0.2, 0) is 0 Å². The second-order valence-corrected chi connectivity index (χ2v) is 2.69. The maximum atomic E-state index is 5.53. The molecule has 0 bridgehead atoms. The first-order valence-corrected chi connectivity index (χ1v) is 4.48. The van der Waals surface area contributed by atoms with Gasteiger partial charge in [-0.25, -0.2) is 0 Å². The molecule has 76 valence electrons. The second-order valence-electron chi connectivity index (χ2n) is 2.69. The van der Waals surface area contributed by atoms with E-state index in [-0.39, 0.29) is 0 Å². The smallest absolute Gasteiger partial charge is 0.192 e. The zero-order valence-corrected chi connectivity index (χ0v) is 8.45. The van der Waals surface area contributed by atoms with Crippen LogP contribution in [0.3, 0.4) is 0 Å².